The number of carbonyl (C=O) groups excluding carboxylic acids is 2. The summed E-state index contributed by atoms with van der Waals surface area (Å²) in [4.78, 5) is 27.9. The lowest BCUT2D eigenvalue weighted by Crippen LogP contribution is -2.49. The first-order valence-electron chi connectivity index (χ1n) is 9.93. The summed E-state index contributed by atoms with van der Waals surface area (Å²) in [6, 6.07) is 6.56. The van der Waals surface area contributed by atoms with Crippen molar-refractivity contribution in [2.45, 2.75) is 51.6 Å². The van der Waals surface area contributed by atoms with Crippen LogP contribution in [0.1, 0.15) is 43.5 Å². The molecule has 29 heavy (non-hydrogen) atoms. The third-order valence-corrected chi connectivity index (χ3v) is 5.16. The zero-order chi connectivity index (χ0) is 21.4. The molecule has 162 valence electrons. The molecule has 8 heteroatoms. The second-order valence-corrected chi connectivity index (χ2v) is 7.38. The molecule has 2 amide bonds. The predicted octanol–water partition coefficient (Wildman–Crippen LogP) is 3.21. The van der Waals surface area contributed by atoms with E-state index in [4.69, 9.17) is 9.47 Å². The highest BCUT2D eigenvalue weighted by Gasteiger charge is 2.29. The van der Waals surface area contributed by atoms with Gasteiger partial charge < -0.3 is 19.3 Å². The SMILES string of the molecule is COCCN(CC(F)F)C(=O)c1ccc(OCC(=O)N2C(C)CCCC2C)cc1. The molecule has 0 saturated carbocycles. The van der Waals surface area contributed by atoms with Gasteiger partial charge in [0.2, 0.25) is 0 Å². The number of piperidine rings is 1. The number of nitrogens with zero attached hydrogens (tertiary/aromatic N) is 2. The third-order valence-electron chi connectivity index (χ3n) is 5.16. The summed E-state index contributed by atoms with van der Waals surface area (Å²) in [7, 11) is 1.45. The molecule has 2 unspecified atom stereocenters. The molecule has 0 N–H and O–H groups in total. The molecular formula is C21H30F2N2O4. The summed E-state index contributed by atoms with van der Waals surface area (Å²) in [6.07, 6.45) is 0.481. The van der Waals surface area contributed by atoms with E-state index in [0.717, 1.165) is 24.2 Å². The topological polar surface area (TPSA) is 59.1 Å². The highest BCUT2D eigenvalue weighted by Crippen LogP contribution is 2.23. The van der Waals surface area contributed by atoms with Gasteiger partial charge in [0.15, 0.2) is 6.61 Å². The molecule has 1 fully saturated rings. The van der Waals surface area contributed by atoms with Gasteiger partial charge in [0, 0.05) is 31.3 Å². The second kappa shape index (κ2) is 11.1. The van der Waals surface area contributed by atoms with Crippen LogP contribution in [0.25, 0.3) is 0 Å². The molecule has 1 aromatic rings. The van der Waals surface area contributed by atoms with E-state index >= 15 is 0 Å². The van der Waals surface area contributed by atoms with E-state index in [-0.39, 0.29) is 43.3 Å². The number of amides is 2. The first-order valence-corrected chi connectivity index (χ1v) is 9.93. The van der Waals surface area contributed by atoms with Crippen molar-refractivity contribution < 1.29 is 27.8 Å². The Bertz CT molecular complexity index is 659. The highest BCUT2D eigenvalue weighted by atomic mass is 19.3. The smallest absolute Gasteiger partial charge is 0.260 e. The maximum atomic E-state index is 12.7. The van der Waals surface area contributed by atoms with Crippen molar-refractivity contribution in [3.05, 3.63) is 29.8 Å². The standard InChI is InChI=1S/C21H30F2N2O4/c1-15-5-4-6-16(2)25(15)20(26)14-29-18-9-7-17(8-10-18)21(27)24(11-12-28-3)13-19(22)23/h7-10,15-16,19H,4-6,11-14H2,1-3H3. The second-order valence-electron chi connectivity index (χ2n) is 7.38. The van der Waals surface area contributed by atoms with Gasteiger partial charge >= 0.3 is 0 Å². The lowest BCUT2D eigenvalue weighted by Gasteiger charge is -2.38. The van der Waals surface area contributed by atoms with Gasteiger partial charge in [-0.1, -0.05) is 0 Å². The minimum atomic E-state index is -2.62. The van der Waals surface area contributed by atoms with E-state index in [9.17, 15) is 18.4 Å². The molecule has 0 aliphatic carbocycles. The Hall–Kier alpha value is -2.22. The largest absolute Gasteiger partial charge is 0.484 e. The van der Waals surface area contributed by atoms with Crippen LogP contribution >= 0.6 is 0 Å². The van der Waals surface area contributed by atoms with Crippen molar-refractivity contribution in [2.24, 2.45) is 0 Å². The summed E-state index contributed by atoms with van der Waals surface area (Å²) in [5, 5.41) is 0. The van der Waals surface area contributed by atoms with Crippen molar-refractivity contribution in [1.29, 1.82) is 0 Å². The molecule has 0 radical (unpaired) electrons. The molecular weight excluding hydrogens is 382 g/mol. The van der Waals surface area contributed by atoms with Gasteiger partial charge in [0.05, 0.1) is 13.2 Å². The zero-order valence-electron chi connectivity index (χ0n) is 17.3. The van der Waals surface area contributed by atoms with Crippen LogP contribution < -0.4 is 4.74 Å². The maximum Gasteiger partial charge on any atom is 0.260 e. The summed E-state index contributed by atoms with van der Waals surface area (Å²) in [5.74, 6) is -0.113. The Labute approximate surface area is 170 Å². The fraction of sp³-hybridized carbons (Fsp3) is 0.619. The van der Waals surface area contributed by atoms with Gasteiger partial charge in [0.25, 0.3) is 18.2 Å². The molecule has 2 rings (SSSR count). The number of halogens is 2. The van der Waals surface area contributed by atoms with Gasteiger partial charge in [0.1, 0.15) is 5.75 Å². The van der Waals surface area contributed by atoms with E-state index < -0.39 is 18.9 Å². The Kier molecular flexibility index (Phi) is 8.82. The van der Waals surface area contributed by atoms with Gasteiger partial charge in [-0.25, -0.2) is 8.78 Å². The van der Waals surface area contributed by atoms with Crippen LogP contribution in [-0.2, 0) is 9.53 Å². The summed E-state index contributed by atoms with van der Waals surface area (Å²) in [6.45, 7) is 3.62. The monoisotopic (exact) mass is 412 g/mol. The Balaban J connectivity index is 1.94. The number of methoxy groups -OCH3 is 1. The van der Waals surface area contributed by atoms with Crippen molar-refractivity contribution in [1.82, 2.24) is 9.80 Å². The molecule has 1 aliphatic heterocycles. The van der Waals surface area contributed by atoms with Crippen LogP contribution in [0.4, 0.5) is 8.78 Å². The average Bonchev–Trinajstić information content (AvgIpc) is 2.69. The third kappa shape index (κ3) is 6.66. The predicted molar refractivity (Wildman–Crippen MR) is 105 cm³/mol. The maximum absolute atomic E-state index is 12.7. The van der Waals surface area contributed by atoms with Crippen LogP contribution in [0, 0.1) is 0 Å². The van der Waals surface area contributed by atoms with E-state index in [1.165, 1.54) is 19.2 Å². The lowest BCUT2D eigenvalue weighted by molar-refractivity contribution is -0.139. The molecule has 1 heterocycles. The summed E-state index contributed by atoms with van der Waals surface area (Å²) in [5.41, 5.74) is 0.277. The molecule has 0 aromatic heterocycles. The van der Waals surface area contributed by atoms with Crippen LogP contribution in [0.2, 0.25) is 0 Å². The number of hydrogen-bond donors (Lipinski definition) is 0. The molecule has 0 bridgehead atoms. The summed E-state index contributed by atoms with van der Waals surface area (Å²) >= 11 is 0. The van der Waals surface area contributed by atoms with Gasteiger partial charge in [-0.15, -0.1) is 0 Å². The molecule has 0 spiro atoms. The first-order chi connectivity index (χ1) is 13.8. The molecule has 6 nitrogen and oxygen atoms in total. The number of benzene rings is 1. The normalized spacial score (nSPS) is 19.3. The Morgan fingerprint density at radius 3 is 2.34 bits per heavy atom. The minimum Gasteiger partial charge on any atom is -0.484 e. The van der Waals surface area contributed by atoms with Crippen LogP contribution in [0.15, 0.2) is 24.3 Å². The number of hydrogen-bond acceptors (Lipinski definition) is 4. The van der Waals surface area contributed by atoms with E-state index in [1.54, 1.807) is 12.1 Å². The quantitative estimate of drug-likeness (QED) is 0.625. The van der Waals surface area contributed by atoms with Crippen molar-refractivity contribution >= 4 is 11.8 Å². The molecule has 1 aromatic carbocycles. The van der Waals surface area contributed by atoms with E-state index in [2.05, 4.69) is 0 Å². The number of carbonyl (C=O) groups is 2. The first kappa shape index (κ1) is 23.1. The Morgan fingerprint density at radius 2 is 1.79 bits per heavy atom. The fourth-order valence-electron chi connectivity index (χ4n) is 3.65. The lowest BCUT2D eigenvalue weighted by atomic mass is 9.97. The Morgan fingerprint density at radius 1 is 1.17 bits per heavy atom. The fourth-order valence-corrected chi connectivity index (χ4v) is 3.65. The number of rotatable bonds is 9. The molecule has 1 saturated heterocycles. The van der Waals surface area contributed by atoms with Crippen LogP contribution in [0.5, 0.6) is 5.75 Å². The minimum absolute atomic E-state index is 0.0625. The summed E-state index contributed by atoms with van der Waals surface area (Å²) < 4.78 is 36.0. The van der Waals surface area contributed by atoms with Gasteiger partial charge in [-0.2, -0.15) is 0 Å². The average molecular weight is 412 g/mol. The molecule has 2 atom stereocenters. The number of ether oxygens (including phenoxy) is 2. The van der Waals surface area contributed by atoms with E-state index in [1.807, 2.05) is 18.7 Å². The van der Waals surface area contributed by atoms with Crippen molar-refractivity contribution in [2.75, 3.05) is 33.4 Å². The van der Waals surface area contributed by atoms with Crippen molar-refractivity contribution in [3.8, 4) is 5.75 Å². The van der Waals surface area contributed by atoms with Crippen LogP contribution in [0.3, 0.4) is 0 Å². The van der Waals surface area contributed by atoms with Crippen LogP contribution in [-0.4, -0.2) is 73.5 Å². The number of likely N-dealkylation sites (tertiary alicyclic amines) is 1. The zero-order valence-corrected chi connectivity index (χ0v) is 17.3. The molecule has 1 aliphatic rings. The van der Waals surface area contributed by atoms with Crippen molar-refractivity contribution in [3.63, 3.8) is 0 Å². The highest BCUT2D eigenvalue weighted by molar-refractivity contribution is 5.94. The van der Waals surface area contributed by atoms with E-state index in [0.29, 0.717) is 5.75 Å². The van der Waals surface area contributed by atoms with Gasteiger partial charge in [-0.05, 0) is 57.4 Å². The van der Waals surface area contributed by atoms with Gasteiger partial charge in [-0.3, -0.25) is 9.59 Å². The number of alkyl halides is 2.